The molecule has 1 N–H and O–H groups in total. The molecule has 1 fully saturated rings. The molecule has 112 valence electrons. The fourth-order valence-corrected chi connectivity index (χ4v) is 3.68. The van der Waals surface area contributed by atoms with E-state index in [1.165, 1.54) is 29.2 Å². The van der Waals surface area contributed by atoms with Crippen molar-refractivity contribution >= 4 is 11.8 Å². The van der Waals surface area contributed by atoms with E-state index in [0.29, 0.717) is 12.0 Å². The number of nitrogens with one attached hydrogen (secondary N) is 1. The van der Waals surface area contributed by atoms with Crippen LogP contribution in [0.25, 0.3) is 0 Å². The van der Waals surface area contributed by atoms with Gasteiger partial charge in [-0.15, -0.1) is 0 Å². The van der Waals surface area contributed by atoms with Crippen LogP contribution in [0.4, 0.5) is 0 Å². The predicted molar refractivity (Wildman–Crippen MR) is 90.2 cm³/mol. The summed E-state index contributed by atoms with van der Waals surface area (Å²) in [5, 5.41) is 3.57. The normalized spacial score (nSPS) is 20.5. The molecule has 0 spiro atoms. The fourth-order valence-electron chi connectivity index (χ4n) is 2.59. The van der Waals surface area contributed by atoms with E-state index in [-0.39, 0.29) is 0 Å². The van der Waals surface area contributed by atoms with Gasteiger partial charge in [-0.2, -0.15) is 11.8 Å². The van der Waals surface area contributed by atoms with Crippen LogP contribution in [0.3, 0.4) is 0 Å². The van der Waals surface area contributed by atoms with Gasteiger partial charge in [0, 0.05) is 37.2 Å². The maximum absolute atomic E-state index is 3.57. The standard InChI is InChI=1S/C17H28N2S/c1-14(2)10-18-11-16-6-4-5-7-17(16)12-19-8-9-20-13-15(19)3/h4-7,14-15,18H,8-13H2,1-3H3. The minimum atomic E-state index is 0.699. The molecule has 0 aromatic heterocycles. The highest BCUT2D eigenvalue weighted by Crippen LogP contribution is 2.20. The molecular formula is C17H28N2S. The van der Waals surface area contributed by atoms with Gasteiger partial charge in [-0.25, -0.2) is 0 Å². The number of hydrogen-bond acceptors (Lipinski definition) is 3. The van der Waals surface area contributed by atoms with Crippen molar-refractivity contribution < 1.29 is 0 Å². The van der Waals surface area contributed by atoms with Crippen LogP contribution in [-0.4, -0.2) is 35.5 Å². The molecule has 1 aliphatic heterocycles. The maximum Gasteiger partial charge on any atom is 0.0240 e. The molecule has 1 heterocycles. The Labute approximate surface area is 128 Å². The topological polar surface area (TPSA) is 15.3 Å². The molecule has 2 nitrogen and oxygen atoms in total. The zero-order valence-electron chi connectivity index (χ0n) is 13.1. The van der Waals surface area contributed by atoms with Crippen LogP contribution in [0.5, 0.6) is 0 Å². The monoisotopic (exact) mass is 292 g/mol. The van der Waals surface area contributed by atoms with Gasteiger partial charge in [-0.3, -0.25) is 4.90 Å². The van der Waals surface area contributed by atoms with Crippen LogP contribution in [0, 0.1) is 5.92 Å². The lowest BCUT2D eigenvalue weighted by Crippen LogP contribution is -2.39. The Hall–Kier alpha value is -0.510. The van der Waals surface area contributed by atoms with E-state index in [1.54, 1.807) is 0 Å². The number of hydrogen-bond donors (Lipinski definition) is 1. The lowest BCUT2D eigenvalue weighted by Gasteiger charge is -2.33. The molecule has 0 bridgehead atoms. The molecule has 1 aromatic carbocycles. The number of benzene rings is 1. The third-order valence-corrected chi connectivity index (χ3v) is 5.05. The summed E-state index contributed by atoms with van der Waals surface area (Å²) in [5.74, 6) is 3.26. The highest BCUT2D eigenvalue weighted by atomic mass is 32.2. The lowest BCUT2D eigenvalue weighted by atomic mass is 10.1. The Morgan fingerprint density at radius 3 is 2.75 bits per heavy atom. The Morgan fingerprint density at radius 2 is 2.05 bits per heavy atom. The second-order valence-corrected chi connectivity index (χ2v) is 7.34. The van der Waals surface area contributed by atoms with Gasteiger partial charge in [0.1, 0.15) is 0 Å². The van der Waals surface area contributed by atoms with Crippen molar-refractivity contribution in [3.63, 3.8) is 0 Å². The largest absolute Gasteiger partial charge is 0.312 e. The third-order valence-electron chi connectivity index (χ3n) is 3.87. The molecule has 1 saturated heterocycles. The highest BCUT2D eigenvalue weighted by molar-refractivity contribution is 7.99. The highest BCUT2D eigenvalue weighted by Gasteiger charge is 2.19. The van der Waals surface area contributed by atoms with Crippen LogP contribution in [0.1, 0.15) is 31.9 Å². The molecule has 1 unspecified atom stereocenters. The summed E-state index contributed by atoms with van der Waals surface area (Å²) >= 11 is 2.08. The van der Waals surface area contributed by atoms with Gasteiger partial charge in [0.2, 0.25) is 0 Å². The first-order valence-electron chi connectivity index (χ1n) is 7.76. The molecule has 0 radical (unpaired) electrons. The van der Waals surface area contributed by atoms with Crippen molar-refractivity contribution in [1.82, 2.24) is 10.2 Å². The Balaban J connectivity index is 1.96. The molecule has 1 aliphatic rings. The van der Waals surface area contributed by atoms with Gasteiger partial charge in [0.25, 0.3) is 0 Å². The number of rotatable bonds is 6. The molecular weight excluding hydrogens is 264 g/mol. The molecule has 20 heavy (non-hydrogen) atoms. The molecule has 1 aromatic rings. The first-order valence-corrected chi connectivity index (χ1v) is 8.91. The van der Waals surface area contributed by atoms with Gasteiger partial charge in [0.05, 0.1) is 0 Å². The van der Waals surface area contributed by atoms with E-state index in [4.69, 9.17) is 0 Å². The Morgan fingerprint density at radius 1 is 1.30 bits per heavy atom. The Kier molecular flexibility index (Phi) is 6.40. The number of thioether (sulfide) groups is 1. The summed E-state index contributed by atoms with van der Waals surface area (Å²) in [7, 11) is 0. The van der Waals surface area contributed by atoms with Crippen molar-refractivity contribution in [2.24, 2.45) is 5.92 Å². The zero-order valence-corrected chi connectivity index (χ0v) is 13.9. The van der Waals surface area contributed by atoms with Crippen molar-refractivity contribution in [1.29, 1.82) is 0 Å². The minimum Gasteiger partial charge on any atom is -0.312 e. The average Bonchev–Trinajstić information content (AvgIpc) is 2.43. The Bertz CT molecular complexity index is 406. The van der Waals surface area contributed by atoms with Crippen LogP contribution in [0.15, 0.2) is 24.3 Å². The first-order chi connectivity index (χ1) is 9.66. The molecule has 0 amide bonds. The smallest absolute Gasteiger partial charge is 0.0240 e. The molecule has 2 rings (SSSR count). The van der Waals surface area contributed by atoms with Crippen LogP contribution >= 0.6 is 11.8 Å². The van der Waals surface area contributed by atoms with E-state index < -0.39 is 0 Å². The quantitative estimate of drug-likeness (QED) is 0.865. The number of nitrogens with zero attached hydrogens (tertiary/aromatic N) is 1. The van der Waals surface area contributed by atoms with Crippen molar-refractivity contribution in [3.8, 4) is 0 Å². The van der Waals surface area contributed by atoms with E-state index in [0.717, 1.165) is 19.6 Å². The third kappa shape index (κ3) is 4.80. The van der Waals surface area contributed by atoms with E-state index in [9.17, 15) is 0 Å². The van der Waals surface area contributed by atoms with Crippen LogP contribution < -0.4 is 5.32 Å². The van der Waals surface area contributed by atoms with Crippen LogP contribution in [0.2, 0.25) is 0 Å². The predicted octanol–water partition coefficient (Wildman–Crippen LogP) is 3.37. The second-order valence-electron chi connectivity index (χ2n) is 6.19. The van der Waals surface area contributed by atoms with E-state index >= 15 is 0 Å². The summed E-state index contributed by atoms with van der Waals surface area (Å²) in [4.78, 5) is 2.62. The first kappa shape index (κ1) is 15.9. The summed E-state index contributed by atoms with van der Waals surface area (Å²) in [6.07, 6.45) is 0. The zero-order chi connectivity index (χ0) is 14.4. The van der Waals surface area contributed by atoms with Gasteiger partial charge >= 0.3 is 0 Å². The molecule has 3 heteroatoms. The van der Waals surface area contributed by atoms with Crippen LogP contribution in [-0.2, 0) is 13.1 Å². The van der Waals surface area contributed by atoms with E-state index in [1.807, 2.05) is 0 Å². The lowest BCUT2D eigenvalue weighted by molar-refractivity contribution is 0.223. The average molecular weight is 292 g/mol. The minimum absolute atomic E-state index is 0.699. The van der Waals surface area contributed by atoms with Gasteiger partial charge in [-0.1, -0.05) is 38.1 Å². The molecule has 0 saturated carbocycles. The fraction of sp³-hybridized carbons (Fsp3) is 0.647. The summed E-state index contributed by atoms with van der Waals surface area (Å²) < 4.78 is 0. The van der Waals surface area contributed by atoms with Crippen molar-refractivity contribution in [3.05, 3.63) is 35.4 Å². The molecule has 1 atom stereocenters. The van der Waals surface area contributed by atoms with Gasteiger partial charge in [0.15, 0.2) is 0 Å². The molecule has 0 aliphatic carbocycles. The second kappa shape index (κ2) is 8.06. The SMILES string of the molecule is CC(C)CNCc1ccccc1CN1CCSCC1C. The summed E-state index contributed by atoms with van der Waals surface area (Å²) in [6.45, 7) is 11.3. The summed E-state index contributed by atoms with van der Waals surface area (Å²) in [5.41, 5.74) is 2.95. The maximum atomic E-state index is 3.57. The van der Waals surface area contributed by atoms with Crippen molar-refractivity contribution in [2.75, 3.05) is 24.6 Å². The van der Waals surface area contributed by atoms with E-state index in [2.05, 4.69) is 67.0 Å². The van der Waals surface area contributed by atoms with Gasteiger partial charge < -0.3 is 5.32 Å². The van der Waals surface area contributed by atoms with Crippen molar-refractivity contribution in [2.45, 2.75) is 39.9 Å². The summed E-state index contributed by atoms with van der Waals surface area (Å²) in [6, 6.07) is 9.59. The van der Waals surface area contributed by atoms with Gasteiger partial charge in [-0.05, 0) is 30.5 Å².